The fraction of sp³-hybridized carbons (Fsp3) is 0.333. The second-order valence-corrected chi connectivity index (χ2v) is 9.20. The second kappa shape index (κ2) is 7.90. The van der Waals surface area contributed by atoms with Gasteiger partial charge in [-0.05, 0) is 35.9 Å². The fourth-order valence-electron chi connectivity index (χ4n) is 3.77. The first-order chi connectivity index (χ1) is 13.2. The third kappa shape index (κ3) is 3.82. The molecule has 0 aliphatic carbocycles. The van der Waals surface area contributed by atoms with E-state index in [1.807, 2.05) is 75.5 Å². The predicted molar refractivity (Wildman–Crippen MR) is 112 cm³/mol. The molecule has 0 radical (unpaired) electrons. The minimum Gasteiger partial charge on any atom is -0.338 e. The van der Waals surface area contributed by atoms with E-state index < -0.39 is 0 Å². The van der Waals surface area contributed by atoms with Crippen molar-refractivity contribution in [3.8, 4) is 0 Å². The molecule has 6 heteroatoms. The van der Waals surface area contributed by atoms with E-state index in [4.69, 9.17) is 0 Å². The summed E-state index contributed by atoms with van der Waals surface area (Å²) in [6, 6.07) is 13.7. The van der Waals surface area contributed by atoms with Gasteiger partial charge in [-0.3, -0.25) is 9.59 Å². The van der Waals surface area contributed by atoms with Gasteiger partial charge in [0.2, 0.25) is 5.91 Å². The van der Waals surface area contributed by atoms with Crippen molar-refractivity contribution in [2.75, 3.05) is 25.4 Å². The number of thiophene rings is 1. The van der Waals surface area contributed by atoms with Crippen molar-refractivity contribution in [3.63, 3.8) is 0 Å². The molecule has 0 atom stereocenters. The van der Waals surface area contributed by atoms with Gasteiger partial charge >= 0.3 is 0 Å². The van der Waals surface area contributed by atoms with Crippen LogP contribution in [0.5, 0.6) is 0 Å². The first-order valence-corrected chi connectivity index (χ1v) is 11.1. The molecular weight excluding hydrogens is 376 g/mol. The van der Waals surface area contributed by atoms with E-state index in [-0.39, 0.29) is 16.7 Å². The summed E-state index contributed by atoms with van der Waals surface area (Å²) >= 11 is 3.36. The summed E-state index contributed by atoms with van der Waals surface area (Å²) in [4.78, 5) is 30.0. The SMILES string of the molecule is O=C(c1cccs1)N1CCC2(CC1)SCCN2C(=O)/C=C/c1ccccc1. The zero-order valence-electron chi connectivity index (χ0n) is 15.0. The third-order valence-corrected chi connectivity index (χ3v) is 7.64. The molecule has 0 saturated carbocycles. The number of hydrogen-bond donors (Lipinski definition) is 0. The molecule has 4 rings (SSSR count). The van der Waals surface area contributed by atoms with Gasteiger partial charge in [0.25, 0.3) is 5.91 Å². The van der Waals surface area contributed by atoms with Crippen molar-refractivity contribution in [1.82, 2.24) is 9.80 Å². The van der Waals surface area contributed by atoms with Crippen molar-refractivity contribution in [1.29, 1.82) is 0 Å². The molecular formula is C21H22N2O2S2. The molecule has 2 fully saturated rings. The number of benzene rings is 1. The highest BCUT2D eigenvalue weighted by atomic mass is 32.2. The quantitative estimate of drug-likeness (QED) is 0.735. The van der Waals surface area contributed by atoms with Crippen molar-refractivity contribution in [2.24, 2.45) is 0 Å². The Labute approximate surface area is 167 Å². The number of likely N-dealkylation sites (tertiary alicyclic amines) is 1. The minimum atomic E-state index is -0.162. The molecule has 0 unspecified atom stereocenters. The molecule has 2 aliphatic rings. The van der Waals surface area contributed by atoms with E-state index in [2.05, 4.69) is 0 Å². The van der Waals surface area contributed by atoms with Crippen molar-refractivity contribution in [2.45, 2.75) is 17.7 Å². The van der Waals surface area contributed by atoms with Crippen LogP contribution in [-0.4, -0.2) is 51.9 Å². The van der Waals surface area contributed by atoms with Gasteiger partial charge in [-0.25, -0.2) is 0 Å². The highest BCUT2D eigenvalue weighted by molar-refractivity contribution is 8.00. The summed E-state index contributed by atoms with van der Waals surface area (Å²) in [5.74, 6) is 1.15. The molecule has 2 aromatic rings. The molecule has 1 aromatic carbocycles. The van der Waals surface area contributed by atoms with Crippen LogP contribution in [0.2, 0.25) is 0 Å². The van der Waals surface area contributed by atoms with Gasteiger partial charge < -0.3 is 9.80 Å². The number of carbonyl (C=O) groups is 2. The lowest BCUT2D eigenvalue weighted by molar-refractivity contribution is -0.129. The van der Waals surface area contributed by atoms with Gasteiger partial charge in [0.1, 0.15) is 0 Å². The number of amides is 2. The highest BCUT2D eigenvalue weighted by Crippen LogP contribution is 2.44. The Morgan fingerprint density at radius 2 is 1.78 bits per heavy atom. The van der Waals surface area contributed by atoms with E-state index in [1.165, 1.54) is 11.3 Å². The number of hydrogen-bond acceptors (Lipinski definition) is 4. The largest absolute Gasteiger partial charge is 0.338 e. The summed E-state index contributed by atoms with van der Waals surface area (Å²) in [5, 5.41) is 1.94. The molecule has 2 saturated heterocycles. The average Bonchev–Trinajstić information content (AvgIpc) is 3.38. The maximum atomic E-state index is 12.8. The van der Waals surface area contributed by atoms with Gasteiger partial charge in [0, 0.05) is 31.5 Å². The van der Waals surface area contributed by atoms with Gasteiger partial charge in [-0.1, -0.05) is 36.4 Å². The van der Waals surface area contributed by atoms with Gasteiger partial charge in [-0.2, -0.15) is 0 Å². The summed E-state index contributed by atoms with van der Waals surface area (Å²) in [6.45, 7) is 2.19. The Kier molecular flexibility index (Phi) is 5.36. The Hall–Kier alpha value is -2.05. The Bertz CT molecular complexity index is 825. The maximum absolute atomic E-state index is 12.8. The van der Waals surface area contributed by atoms with E-state index in [9.17, 15) is 9.59 Å². The number of carbonyl (C=O) groups excluding carboxylic acids is 2. The van der Waals surface area contributed by atoms with Crippen LogP contribution in [0, 0.1) is 0 Å². The van der Waals surface area contributed by atoms with Crippen LogP contribution in [0.4, 0.5) is 0 Å². The van der Waals surface area contributed by atoms with E-state index >= 15 is 0 Å². The first-order valence-electron chi connectivity index (χ1n) is 9.19. The molecule has 140 valence electrons. The van der Waals surface area contributed by atoms with Gasteiger partial charge in [0.05, 0.1) is 9.75 Å². The summed E-state index contributed by atoms with van der Waals surface area (Å²) in [6.07, 6.45) is 5.24. The zero-order valence-corrected chi connectivity index (χ0v) is 16.7. The molecule has 4 nitrogen and oxygen atoms in total. The monoisotopic (exact) mass is 398 g/mol. The Morgan fingerprint density at radius 1 is 1.00 bits per heavy atom. The van der Waals surface area contributed by atoms with Crippen LogP contribution >= 0.6 is 23.1 Å². The fourth-order valence-corrected chi connectivity index (χ4v) is 5.92. The summed E-state index contributed by atoms with van der Waals surface area (Å²) < 4.78 is 0. The van der Waals surface area contributed by atoms with Crippen LogP contribution in [0.15, 0.2) is 53.9 Å². The lowest BCUT2D eigenvalue weighted by atomic mass is 10.0. The van der Waals surface area contributed by atoms with Crippen LogP contribution < -0.4 is 0 Å². The number of rotatable bonds is 3. The molecule has 0 bridgehead atoms. The summed E-state index contributed by atoms with van der Waals surface area (Å²) in [5.41, 5.74) is 1.03. The van der Waals surface area contributed by atoms with Crippen LogP contribution in [0.25, 0.3) is 6.08 Å². The second-order valence-electron chi connectivity index (χ2n) is 6.80. The third-order valence-electron chi connectivity index (χ3n) is 5.23. The topological polar surface area (TPSA) is 40.6 Å². The maximum Gasteiger partial charge on any atom is 0.263 e. The molecule has 0 N–H and O–H groups in total. The lowest BCUT2D eigenvalue weighted by Crippen LogP contribution is -2.53. The van der Waals surface area contributed by atoms with E-state index in [0.29, 0.717) is 13.1 Å². The van der Waals surface area contributed by atoms with Crippen LogP contribution in [0.1, 0.15) is 28.1 Å². The van der Waals surface area contributed by atoms with Gasteiger partial charge in [-0.15, -0.1) is 23.1 Å². The van der Waals surface area contributed by atoms with E-state index in [1.54, 1.807) is 6.08 Å². The number of piperidine rings is 1. The van der Waals surface area contributed by atoms with Crippen molar-refractivity contribution in [3.05, 3.63) is 64.4 Å². The number of nitrogens with zero attached hydrogens (tertiary/aromatic N) is 2. The molecule has 1 aromatic heterocycles. The predicted octanol–water partition coefficient (Wildman–Crippen LogP) is 3.97. The van der Waals surface area contributed by atoms with Gasteiger partial charge in [0.15, 0.2) is 0 Å². The van der Waals surface area contributed by atoms with Crippen LogP contribution in [0.3, 0.4) is 0 Å². The average molecular weight is 399 g/mol. The minimum absolute atomic E-state index is 0.0712. The highest BCUT2D eigenvalue weighted by Gasteiger charge is 2.46. The Morgan fingerprint density at radius 3 is 2.48 bits per heavy atom. The lowest BCUT2D eigenvalue weighted by Gasteiger charge is -2.43. The molecule has 2 amide bonds. The molecule has 27 heavy (non-hydrogen) atoms. The molecule has 2 aliphatic heterocycles. The van der Waals surface area contributed by atoms with Crippen molar-refractivity contribution >= 4 is 41.0 Å². The van der Waals surface area contributed by atoms with E-state index in [0.717, 1.165) is 35.6 Å². The standard InChI is InChI=1S/C21H22N2O2S2/c24-19(9-8-17-5-2-1-3-6-17)23-14-16-27-21(23)10-12-22(13-11-21)20(25)18-7-4-15-26-18/h1-9,15H,10-14,16H2/b9-8+. The zero-order chi connectivity index (χ0) is 18.7. The molecule has 1 spiro atoms. The first kappa shape index (κ1) is 18.3. The molecule has 3 heterocycles. The van der Waals surface area contributed by atoms with Crippen molar-refractivity contribution < 1.29 is 9.59 Å². The number of thioether (sulfide) groups is 1. The summed E-state index contributed by atoms with van der Waals surface area (Å²) in [7, 11) is 0. The Balaban J connectivity index is 1.42. The smallest absolute Gasteiger partial charge is 0.263 e. The normalized spacial score (nSPS) is 19.1. The van der Waals surface area contributed by atoms with Crippen LogP contribution in [-0.2, 0) is 4.79 Å².